The summed E-state index contributed by atoms with van der Waals surface area (Å²) in [7, 11) is 0. The average Bonchev–Trinajstić information content (AvgIpc) is 2.38. The fraction of sp³-hybridized carbons (Fsp3) is 0.286. The lowest BCUT2D eigenvalue weighted by Gasteiger charge is -2.09. The molecule has 0 unspecified atom stereocenters. The normalized spacial score (nSPS) is 10.8. The third kappa shape index (κ3) is 3.21. The highest BCUT2D eigenvalue weighted by molar-refractivity contribution is 5.31. The molecule has 5 nitrogen and oxygen atoms in total. The maximum Gasteiger partial charge on any atom is 0.254 e. The van der Waals surface area contributed by atoms with E-state index in [0.29, 0.717) is 11.4 Å². The first kappa shape index (κ1) is 14.2. The number of rotatable bonds is 4. The zero-order chi connectivity index (χ0) is 14.7. The van der Waals surface area contributed by atoms with Crippen molar-refractivity contribution in [1.29, 1.82) is 0 Å². The number of hydrogen-bond acceptors (Lipinski definition) is 4. The van der Waals surface area contributed by atoms with E-state index in [1.807, 2.05) is 13.8 Å². The van der Waals surface area contributed by atoms with Gasteiger partial charge in [0.1, 0.15) is 17.4 Å². The van der Waals surface area contributed by atoms with Crippen LogP contribution in [0.15, 0.2) is 29.1 Å². The van der Waals surface area contributed by atoms with Crippen molar-refractivity contribution in [1.82, 2.24) is 9.97 Å². The second-order valence-electron chi connectivity index (χ2n) is 4.68. The van der Waals surface area contributed by atoms with Gasteiger partial charge in [-0.3, -0.25) is 4.79 Å². The molecule has 0 aliphatic carbocycles. The summed E-state index contributed by atoms with van der Waals surface area (Å²) in [5, 5.41) is 0. The number of benzene rings is 1. The Morgan fingerprint density at radius 3 is 2.75 bits per heavy atom. The minimum absolute atomic E-state index is 0.0580. The van der Waals surface area contributed by atoms with Gasteiger partial charge in [-0.25, -0.2) is 4.39 Å². The molecule has 0 saturated carbocycles. The zero-order valence-electron chi connectivity index (χ0n) is 11.3. The molecular weight excluding hydrogens is 261 g/mol. The highest BCUT2D eigenvalue weighted by Crippen LogP contribution is 2.22. The van der Waals surface area contributed by atoms with E-state index < -0.39 is 5.82 Å². The van der Waals surface area contributed by atoms with Gasteiger partial charge in [-0.15, -0.1) is 0 Å². The first-order valence-electron chi connectivity index (χ1n) is 6.27. The Morgan fingerprint density at radius 2 is 2.15 bits per heavy atom. The van der Waals surface area contributed by atoms with Gasteiger partial charge in [0.2, 0.25) is 5.88 Å². The van der Waals surface area contributed by atoms with Crippen molar-refractivity contribution in [2.45, 2.75) is 26.3 Å². The summed E-state index contributed by atoms with van der Waals surface area (Å²) in [5.74, 6) is 0.540. The number of ether oxygens (including phenoxy) is 1. The summed E-state index contributed by atoms with van der Waals surface area (Å²) in [4.78, 5) is 18.3. The van der Waals surface area contributed by atoms with E-state index in [1.165, 1.54) is 12.1 Å². The number of hydrogen-bond donors (Lipinski definition) is 2. The van der Waals surface area contributed by atoms with Crippen LogP contribution in [-0.2, 0) is 6.54 Å². The number of nitrogens with zero attached hydrogens (tertiary/aromatic N) is 1. The van der Waals surface area contributed by atoms with Crippen molar-refractivity contribution < 1.29 is 9.13 Å². The summed E-state index contributed by atoms with van der Waals surface area (Å²) < 4.78 is 19.0. The monoisotopic (exact) mass is 277 g/mol. The molecule has 1 aromatic heterocycles. The van der Waals surface area contributed by atoms with Crippen molar-refractivity contribution >= 4 is 0 Å². The van der Waals surface area contributed by atoms with Crippen LogP contribution in [0.1, 0.15) is 31.2 Å². The van der Waals surface area contributed by atoms with Crippen molar-refractivity contribution in [3.63, 3.8) is 0 Å². The molecule has 0 atom stereocenters. The lowest BCUT2D eigenvalue weighted by Crippen LogP contribution is -2.12. The first-order chi connectivity index (χ1) is 9.49. The number of H-pyrrole nitrogens is 1. The third-order valence-corrected chi connectivity index (χ3v) is 2.75. The van der Waals surface area contributed by atoms with Gasteiger partial charge in [0, 0.05) is 24.1 Å². The van der Waals surface area contributed by atoms with Gasteiger partial charge in [0.15, 0.2) is 0 Å². The van der Waals surface area contributed by atoms with Crippen molar-refractivity contribution in [2.75, 3.05) is 0 Å². The lowest BCUT2D eigenvalue weighted by atomic mass is 10.2. The molecule has 1 aromatic carbocycles. The SMILES string of the molecule is CC(C)c1nc(Oc2ccc(CN)c(F)c2)cc(=O)[nH]1. The molecule has 0 spiro atoms. The van der Waals surface area contributed by atoms with E-state index in [2.05, 4.69) is 9.97 Å². The van der Waals surface area contributed by atoms with Gasteiger partial charge in [0.05, 0.1) is 6.07 Å². The van der Waals surface area contributed by atoms with Crippen molar-refractivity contribution in [3.05, 3.63) is 51.8 Å². The summed E-state index contributed by atoms with van der Waals surface area (Å²) in [6.45, 7) is 3.92. The fourth-order valence-electron chi connectivity index (χ4n) is 1.66. The number of aromatic amines is 1. The molecule has 0 aliphatic rings. The minimum Gasteiger partial charge on any atom is -0.439 e. The predicted octanol–water partition coefficient (Wildman–Crippen LogP) is 2.28. The van der Waals surface area contributed by atoms with Gasteiger partial charge < -0.3 is 15.5 Å². The molecule has 20 heavy (non-hydrogen) atoms. The lowest BCUT2D eigenvalue weighted by molar-refractivity contribution is 0.450. The topological polar surface area (TPSA) is 81.0 Å². The summed E-state index contributed by atoms with van der Waals surface area (Å²) in [5.41, 5.74) is 5.48. The van der Waals surface area contributed by atoms with E-state index in [4.69, 9.17) is 10.5 Å². The van der Waals surface area contributed by atoms with Crippen molar-refractivity contribution in [3.8, 4) is 11.6 Å². The number of aromatic nitrogens is 2. The quantitative estimate of drug-likeness (QED) is 0.898. The molecule has 0 amide bonds. The van der Waals surface area contributed by atoms with E-state index in [9.17, 15) is 9.18 Å². The Balaban J connectivity index is 2.30. The maximum atomic E-state index is 13.6. The first-order valence-corrected chi connectivity index (χ1v) is 6.27. The molecule has 3 N–H and O–H groups in total. The highest BCUT2D eigenvalue weighted by Gasteiger charge is 2.08. The molecule has 6 heteroatoms. The van der Waals surface area contributed by atoms with E-state index in [0.717, 1.165) is 0 Å². The van der Waals surface area contributed by atoms with Crippen LogP contribution in [0.2, 0.25) is 0 Å². The molecule has 1 heterocycles. The molecule has 2 aromatic rings. The zero-order valence-corrected chi connectivity index (χ0v) is 11.3. The molecule has 0 bridgehead atoms. The molecule has 2 rings (SSSR count). The van der Waals surface area contributed by atoms with Gasteiger partial charge in [-0.2, -0.15) is 4.98 Å². The second kappa shape index (κ2) is 5.83. The van der Waals surface area contributed by atoms with Crippen LogP contribution >= 0.6 is 0 Å². The second-order valence-corrected chi connectivity index (χ2v) is 4.68. The van der Waals surface area contributed by atoms with Crippen molar-refractivity contribution in [2.24, 2.45) is 5.73 Å². The fourth-order valence-corrected chi connectivity index (χ4v) is 1.66. The predicted molar refractivity (Wildman–Crippen MR) is 73.3 cm³/mol. The van der Waals surface area contributed by atoms with Crippen LogP contribution in [0.5, 0.6) is 11.6 Å². The Bertz CT molecular complexity index is 668. The number of nitrogens with one attached hydrogen (secondary N) is 1. The Morgan fingerprint density at radius 1 is 1.40 bits per heavy atom. The largest absolute Gasteiger partial charge is 0.439 e. The molecule has 0 aliphatic heterocycles. The van der Waals surface area contributed by atoms with Crippen LogP contribution in [0, 0.1) is 5.82 Å². The van der Waals surface area contributed by atoms with Crippen LogP contribution in [0.25, 0.3) is 0 Å². The number of halogens is 1. The van der Waals surface area contributed by atoms with Gasteiger partial charge in [-0.05, 0) is 6.07 Å². The average molecular weight is 277 g/mol. The Hall–Kier alpha value is -2.21. The number of nitrogens with two attached hydrogens (primary N) is 1. The Kier molecular flexibility index (Phi) is 4.14. The van der Waals surface area contributed by atoms with Gasteiger partial charge in [-0.1, -0.05) is 19.9 Å². The van der Waals surface area contributed by atoms with Crippen LogP contribution in [-0.4, -0.2) is 9.97 Å². The molecular formula is C14H16FN3O2. The van der Waals surface area contributed by atoms with Gasteiger partial charge in [0.25, 0.3) is 5.56 Å². The molecule has 0 fully saturated rings. The molecule has 0 saturated heterocycles. The maximum absolute atomic E-state index is 13.6. The summed E-state index contributed by atoms with van der Waals surface area (Å²) >= 11 is 0. The molecule has 106 valence electrons. The third-order valence-electron chi connectivity index (χ3n) is 2.75. The van der Waals surface area contributed by atoms with Crippen LogP contribution in [0.4, 0.5) is 4.39 Å². The van der Waals surface area contributed by atoms with E-state index >= 15 is 0 Å². The molecule has 0 radical (unpaired) electrons. The Labute approximate surface area is 115 Å². The van der Waals surface area contributed by atoms with Gasteiger partial charge >= 0.3 is 0 Å². The highest BCUT2D eigenvalue weighted by atomic mass is 19.1. The van der Waals surface area contributed by atoms with Crippen LogP contribution in [0.3, 0.4) is 0 Å². The standard InChI is InChI=1S/C14H16FN3O2/c1-8(2)14-17-12(19)6-13(18-14)20-10-4-3-9(7-16)11(15)5-10/h3-6,8H,7,16H2,1-2H3,(H,17,18,19). The van der Waals surface area contributed by atoms with Crippen LogP contribution < -0.4 is 16.0 Å². The van der Waals surface area contributed by atoms with E-state index in [1.54, 1.807) is 12.1 Å². The van der Waals surface area contributed by atoms with E-state index in [-0.39, 0.29) is 29.7 Å². The summed E-state index contributed by atoms with van der Waals surface area (Å²) in [6.07, 6.45) is 0. The summed E-state index contributed by atoms with van der Waals surface area (Å²) in [6, 6.07) is 5.57. The minimum atomic E-state index is -0.445. The smallest absolute Gasteiger partial charge is 0.254 e.